The molecule has 150 valence electrons. The average molecular weight is 382 g/mol. The number of rotatable bonds is 10. The van der Waals surface area contributed by atoms with Crippen LogP contribution in [0.1, 0.15) is 50.7 Å². The smallest absolute Gasteiger partial charge is 0.243 e. The molecule has 0 spiro atoms. The minimum absolute atomic E-state index is 0.0231. The van der Waals surface area contributed by atoms with Crippen molar-refractivity contribution in [3.63, 3.8) is 0 Å². The van der Waals surface area contributed by atoms with E-state index in [0.29, 0.717) is 6.42 Å². The predicted molar refractivity (Wildman–Crippen MR) is 117 cm³/mol. The zero-order valence-corrected chi connectivity index (χ0v) is 17.1. The summed E-state index contributed by atoms with van der Waals surface area (Å²) in [4.78, 5) is 24.3. The first-order valence-corrected chi connectivity index (χ1v) is 10.1. The molecule has 0 saturated carbocycles. The first-order chi connectivity index (χ1) is 13.5. The second kappa shape index (κ2) is 11.1. The number of unbranched alkanes of at least 4 members (excludes halogenated alkanes) is 2. The summed E-state index contributed by atoms with van der Waals surface area (Å²) in [7, 11) is 0. The van der Waals surface area contributed by atoms with Gasteiger partial charge < -0.3 is 16.0 Å². The molecule has 0 aromatic heterocycles. The van der Waals surface area contributed by atoms with Gasteiger partial charge in [-0.2, -0.15) is 0 Å². The molecule has 0 aliphatic carbocycles. The topological polar surface area (TPSA) is 70.2 Å². The summed E-state index contributed by atoms with van der Waals surface area (Å²) in [6.45, 7) is 6.34. The van der Waals surface area contributed by atoms with Crippen LogP contribution in [0.15, 0.2) is 42.5 Å². The fourth-order valence-electron chi connectivity index (χ4n) is 3.03. The van der Waals surface area contributed by atoms with Gasteiger partial charge in [0.25, 0.3) is 0 Å². The molecule has 2 aromatic rings. The normalized spacial score (nSPS) is 10.4. The first kappa shape index (κ1) is 21.5. The number of benzene rings is 2. The molecule has 0 bridgehead atoms. The van der Waals surface area contributed by atoms with Crippen LogP contribution in [0.3, 0.4) is 0 Å². The molecule has 0 fully saturated rings. The third kappa shape index (κ3) is 6.72. The van der Waals surface area contributed by atoms with Crippen LogP contribution in [-0.4, -0.2) is 18.4 Å². The van der Waals surface area contributed by atoms with Gasteiger partial charge in [0.1, 0.15) is 0 Å². The molecular weight excluding hydrogens is 350 g/mol. The summed E-state index contributed by atoms with van der Waals surface area (Å²) >= 11 is 0. The Labute approximate surface area is 167 Å². The number of carbonyl (C=O) groups is 2. The number of para-hydroxylation sites is 1. The van der Waals surface area contributed by atoms with Gasteiger partial charge in [0.15, 0.2) is 0 Å². The highest BCUT2D eigenvalue weighted by atomic mass is 16.2. The first-order valence-electron chi connectivity index (χ1n) is 10.1. The molecule has 28 heavy (non-hydrogen) atoms. The zero-order chi connectivity index (χ0) is 20.4. The SMILES string of the molecule is CCCCCC(=O)Nc1cccc(NCC(=O)Nc2c(C)cccc2CC)c1. The molecule has 3 N–H and O–H groups in total. The average Bonchev–Trinajstić information content (AvgIpc) is 2.68. The van der Waals surface area contributed by atoms with E-state index in [9.17, 15) is 9.59 Å². The molecule has 0 aliphatic rings. The van der Waals surface area contributed by atoms with E-state index in [1.807, 2.05) is 49.4 Å². The molecule has 2 aromatic carbocycles. The summed E-state index contributed by atoms with van der Waals surface area (Å²) in [6, 6.07) is 13.5. The van der Waals surface area contributed by atoms with E-state index in [-0.39, 0.29) is 18.4 Å². The number of hydrogen-bond acceptors (Lipinski definition) is 3. The third-order valence-corrected chi connectivity index (χ3v) is 4.61. The van der Waals surface area contributed by atoms with Crippen LogP contribution in [0.25, 0.3) is 0 Å². The third-order valence-electron chi connectivity index (χ3n) is 4.61. The van der Waals surface area contributed by atoms with Crippen molar-refractivity contribution in [2.24, 2.45) is 0 Å². The van der Waals surface area contributed by atoms with E-state index in [0.717, 1.165) is 53.9 Å². The number of aryl methyl sites for hydroxylation is 2. The van der Waals surface area contributed by atoms with Gasteiger partial charge in [0.05, 0.1) is 6.54 Å². The quantitative estimate of drug-likeness (QED) is 0.500. The lowest BCUT2D eigenvalue weighted by Crippen LogP contribution is -2.23. The van der Waals surface area contributed by atoms with E-state index in [1.165, 1.54) is 0 Å². The van der Waals surface area contributed by atoms with Gasteiger partial charge in [0, 0.05) is 23.5 Å². The molecule has 5 heteroatoms. The molecule has 0 radical (unpaired) electrons. The standard InChI is InChI=1S/C23H31N3O2/c1-4-6-7-14-21(27)25-20-13-9-12-19(15-20)24-16-22(28)26-23-17(3)10-8-11-18(23)5-2/h8-13,15,24H,4-7,14,16H2,1-3H3,(H,25,27)(H,26,28). The summed E-state index contributed by atoms with van der Waals surface area (Å²) in [5.74, 6) is -0.0759. The van der Waals surface area contributed by atoms with E-state index in [4.69, 9.17) is 0 Å². The lowest BCUT2D eigenvalue weighted by Gasteiger charge is -2.14. The van der Waals surface area contributed by atoms with Gasteiger partial charge in [-0.1, -0.05) is 51.0 Å². The van der Waals surface area contributed by atoms with Gasteiger partial charge in [0.2, 0.25) is 11.8 Å². The fourth-order valence-corrected chi connectivity index (χ4v) is 3.03. The molecular formula is C23H31N3O2. The lowest BCUT2D eigenvalue weighted by atomic mass is 10.1. The summed E-state index contributed by atoms with van der Waals surface area (Å²) in [5, 5.41) is 9.04. The number of nitrogens with one attached hydrogen (secondary N) is 3. The maximum Gasteiger partial charge on any atom is 0.243 e. The Morgan fingerprint density at radius 1 is 0.893 bits per heavy atom. The van der Waals surface area contributed by atoms with Crippen molar-refractivity contribution in [3.05, 3.63) is 53.6 Å². The van der Waals surface area contributed by atoms with Crippen molar-refractivity contribution < 1.29 is 9.59 Å². The highest BCUT2D eigenvalue weighted by Gasteiger charge is 2.09. The van der Waals surface area contributed by atoms with Crippen LogP contribution in [-0.2, 0) is 16.0 Å². The minimum atomic E-state index is -0.0991. The second-order valence-electron chi connectivity index (χ2n) is 6.95. The van der Waals surface area contributed by atoms with E-state index in [2.05, 4.69) is 29.8 Å². The van der Waals surface area contributed by atoms with Crippen molar-refractivity contribution in [2.75, 3.05) is 22.5 Å². The molecule has 0 heterocycles. The fraction of sp³-hybridized carbons (Fsp3) is 0.391. The van der Waals surface area contributed by atoms with Gasteiger partial charge in [-0.3, -0.25) is 9.59 Å². The maximum atomic E-state index is 12.4. The molecule has 0 unspecified atom stereocenters. The van der Waals surface area contributed by atoms with Crippen LogP contribution in [0, 0.1) is 6.92 Å². The molecule has 2 amide bonds. The lowest BCUT2D eigenvalue weighted by molar-refractivity contribution is -0.116. The van der Waals surface area contributed by atoms with Crippen LogP contribution in [0.2, 0.25) is 0 Å². The predicted octanol–water partition coefficient (Wildman–Crippen LogP) is 5.13. The largest absolute Gasteiger partial charge is 0.376 e. The van der Waals surface area contributed by atoms with Crippen LogP contribution < -0.4 is 16.0 Å². The second-order valence-corrected chi connectivity index (χ2v) is 6.95. The van der Waals surface area contributed by atoms with Crippen LogP contribution >= 0.6 is 0 Å². The van der Waals surface area contributed by atoms with Gasteiger partial charge in [-0.15, -0.1) is 0 Å². The summed E-state index contributed by atoms with van der Waals surface area (Å²) < 4.78 is 0. The zero-order valence-electron chi connectivity index (χ0n) is 17.1. The van der Waals surface area contributed by atoms with Crippen molar-refractivity contribution in [1.82, 2.24) is 0 Å². The van der Waals surface area contributed by atoms with Gasteiger partial charge in [-0.25, -0.2) is 0 Å². The Kier molecular flexibility index (Phi) is 8.53. The molecule has 5 nitrogen and oxygen atoms in total. The molecule has 2 rings (SSSR count). The summed E-state index contributed by atoms with van der Waals surface area (Å²) in [6.07, 6.45) is 4.45. The Hall–Kier alpha value is -2.82. The Morgan fingerprint density at radius 2 is 1.64 bits per heavy atom. The Morgan fingerprint density at radius 3 is 2.39 bits per heavy atom. The number of carbonyl (C=O) groups excluding carboxylic acids is 2. The number of anilines is 3. The molecule has 0 atom stereocenters. The highest BCUT2D eigenvalue weighted by molar-refractivity contribution is 5.95. The van der Waals surface area contributed by atoms with Crippen molar-refractivity contribution >= 4 is 28.9 Å². The number of amides is 2. The van der Waals surface area contributed by atoms with Crippen molar-refractivity contribution in [2.45, 2.75) is 52.9 Å². The molecule has 0 aliphatic heterocycles. The van der Waals surface area contributed by atoms with Gasteiger partial charge >= 0.3 is 0 Å². The Bertz CT molecular complexity index is 802. The molecule has 0 saturated heterocycles. The van der Waals surface area contributed by atoms with E-state index in [1.54, 1.807) is 0 Å². The number of hydrogen-bond donors (Lipinski definition) is 3. The van der Waals surface area contributed by atoms with E-state index < -0.39 is 0 Å². The Balaban J connectivity index is 1.89. The van der Waals surface area contributed by atoms with Crippen molar-refractivity contribution in [3.8, 4) is 0 Å². The van der Waals surface area contributed by atoms with E-state index >= 15 is 0 Å². The summed E-state index contributed by atoms with van der Waals surface area (Å²) in [5.41, 5.74) is 4.60. The maximum absolute atomic E-state index is 12.4. The van der Waals surface area contributed by atoms with Crippen LogP contribution in [0.5, 0.6) is 0 Å². The van der Waals surface area contributed by atoms with Crippen molar-refractivity contribution in [1.29, 1.82) is 0 Å². The van der Waals surface area contributed by atoms with Gasteiger partial charge in [-0.05, 0) is 49.1 Å². The minimum Gasteiger partial charge on any atom is -0.376 e. The monoisotopic (exact) mass is 381 g/mol. The highest BCUT2D eigenvalue weighted by Crippen LogP contribution is 2.21. The van der Waals surface area contributed by atoms with Crippen LogP contribution in [0.4, 0.5) is 17.1 Å².